The van der Waals surface area contributed by atoms with Gasteiger partial charge in [-0.25, -0.2) is 8.42 Å². The van der Waals surface area contributed by atoms with Crippen LogP contribution in [-0.4, -0.2) is 25.6 Å². The average molecular weight is 512 g/mol. The molecule has 0 saturated heterocycles. The van der Waals surface area contributed by atoms with Crippen molar-refractivity contribution in [1.29, 1.82) is 0 Å². The SMILES string of the molecule is Cc1c(Cl)cccc1CN(c1ccc(C(C(N)=O)c2ccc(C(F)(F)F)nc2)cc1)S(C)(=O)=O. The van der Waals surface area contributed by atoms with Crippen molar-refractivity contribution >= 4 is 33.2 Å². The van der Waals surface area contributed by atoms with E-state index in [0.29, 0.717) is 21.8 Å². The van der Waals surface area contributed by atoms with Gasteiger partial charge in [0.1, 0.15) is 5.69 Å². The number of aromatic nitrogens is 1. The normalized spacial score (nSPS) is 12.9. The van der Waals surface area contributed by atoms with Crippen LogP contribution in [0.15, 0.2) is 60.8 Å². The highest BCUT2D eigenvalue weighted by atomic mass is 35.5. The van der Waals surface area contributed by atoms with E-state index in [0.717, 1.165) is 30.1 Å². The fourth-order valence-corrected chi connectivity index (χ4v) is 4.55. The quantitative estimate of drug-likeness (QED) is 0.500. The first-order valence-corrected chi connectivity index (χ1v) is 12.2. The summed E-state index contributed by atoms with van der Waals surface area (Å²) in [5, 5.41) is 0.510. The standard InChI is InChI=1S/C23H21ClF3N3O3S/c1-14-17(4-3-5-19(14)24)13-30(34(2,32)33)18-9-6-15(7-10-18)21(22(28)31)16-8-11-20(29-12-16)23(25,26)27/h3-12,21H,13H2,1-2H3,(H2,28,31). The van der Waals surface area contributed by atoms with E-state index in [9.17, 15) is 26.4 Å². The molecule has 180 valence electrons. The number of carbonyl (C=O) groups is 1. The van der Waals surface area contributed by atoms with Crippen molar-refractivity contribution in [2.75, 3.05) is 10.6 Å². The van der Waals surface area contributed by atoms with Crippen LogP contribution in [-0.2, 0) is 27.5 Å². The van der Waals surface area contributed by atoms with Crippen molar-refractivity contribution in [2.45, 2.75) is 25.6 Å². The molecule has 34 heavy (non-hydrogen) atoms. The predicted molar refractivity (Wildman–Crippen MR) is 124 cm³/mol. The molecular weight excluding hydrogens is 491 g/mol. The summed E-state index contributed by atoms with van der Waals surface area (Å²) in [5.41, 5.74) is 6.79. The molecule has 1 aromatic heterocycles. The summed E-state index contributed by atoms with van der Waals surface area (Å²) in [6, 6.07) is 13.1. The summed E-state index contributed by atoms with van der Waals surface area (Å²) in [6.07, 6.45) is -2.59. The fourth-order valence-electron chi connectivity index (χ4n) is 3.48. The van der Waals surface area contributed by atoms with E-state index in [4.69, 9.17) is 17.3 Å². The molecule has 0 bridgehead atoms. The molecule has 0 aliphatic rings. The van der Waals surface area contributed by atoms with E-state index in [-0.39, 0.29) is 12.1 Å². The third-order valence-electron chi connectivity index (χ3n) is 5.30. The fraction of sp³-hybridized carbons (Fsp3) is 0.217. The predicted octanol–water partition coefficient (Wildman–Crippen LogP) is 4.65. The monoisotopic (exact) mass is 511 g/mol. The molecule has 0 aliphatic carbocycles. The number of benzene rings is 2. The largest absolute Gasteiger partial charge is 0.433 e. The highest BCUT2D eigenvalue weighted by Crippen LogP contribution is 2.31. The van der Waals surface area contributed by atoms with Crippen molar-refractivity contribution < 1.29 is 26.4 Å². The summed E-state index contributed by atoms with van der Waals surface area (Å²) in [5.74, 6) is -1.85. The second-order valence-corrected chi connectivity index (χ2v) is 10.0. The van der Waals surface area contributed by atoms with Crippen molar-refractivity contribution in [3.05, 3.63) is 93.8 Å². The smallest absolute Gasteiger partial charge is 0.369 e. The van der Waals surface area contributed by atoms with Crippen LogP contribution < -0.4 is 10.0 Å². The van der Waals surface area contributed by atoms with Gasteiger partial charge in [-0.15, -0.1) is 0 Å². The van der Waals surface area contributed by atoms with Crippen LogP contribution in [0.1, 0.15) is 33.9 Å². The maximum atomic E-state index is 12.8. The molecule has 3 rings (SSSR count). The van der Waals surface area contributed by atoms with E-state index in [2.05, 4.69) is 4.98 Å². The Kier molecular flexibility index (Phi) is 7.23. The highest BCUT2D eigenvalue weighted by Gasteiger charge is 2.33. The number of pyridine rings is 1. The molecule has 2 N–H and O–H groups in total. The van der Waals surface area contributed by atoms with Crippen molar-refractivity contribution in [3.63, 3.8) is 0 Å². The lowest BCUT2D eigenvalue weighted by Crippen LogP contribution is -2.29. The molecule has 1 unspecified atom stereocenters. The lowest BCUT2D eigenvalue weighted by atomic mass is 9.91. The molecule has 0 saturated carbocycles. The summed E-state index contributed by atoms with van der Waals surface area (Å²) < 4.78 is 64.6. The number of amides is 1. The Hall–Kier alpha value is -3.11. The van der Waals surface area contributed by atoms with Crippen LogP contribution >= 0.6 is 11.6 Å². The second kappa shape index (κ2) is 9.63. The maximum Gasteiger partial charge on any atom is 0.433 e. The molecule has 6 nitrogen and oxygen atoms in total. The molecule has 0 radical (unpaired) electrons. The average Bonchev–Trinajstić information content (AvgIpc) is 2.74. The van der Waals surface area contributed by atoms with E-state index in [1.165, 1.54) is 28.6 Å². The topological polar surface area (TPSA) is 93.4 Å². The van der Waals surface area contributed by atoms with Gasteiger partial charge in [-0.3, -0.25) is 14.1 Å². The number of nitrogens with two attached hydrogens (primary N) is 1. The molecule has 1 atom stereocenters. The highest BCUT2D eigenvalue weighted by molar-refractivity contribution is 7.92. The van der Waals surface area contributed by atoms with Crippen LogP contribution in [0.25, 0.3) is 0 Å². The number of hydrogen-bond donors (Lipinski definition) is 1. The maximum absolute atomic E-state index is 12.8. The Morgan fingerprint density at radius 3 is 2.21 bits per heavy atom. The van der Waals surface area contributed by atoms with Crippen LogP contribution in [0.3, 0.4) is 0 Å². The van der Waals surface area contributed by atoms with Gasteiger partial charge in [-0.1, -0.05) is 41.9 Å². The Labute approximate surface area is 200 Å². The number of alkyl halides is 3. The van der Waals surface area contributed by atoms with Crippen molar-refractivity contribution in [1.82, 2.24) is 4.98 Å². The Morgan fingerprint density at radius 1 is 1.09 bits per heavy atom. The molecular formula is C23H21ClF3N3O3S. The van der Waals surface area contributed by atoms with Crippen molar-refractivity contribution in [2.24, 2.45) is 5.73 Å². The van der Waals surface area contributed by atoms with Crippen LogP contribution in [0.4, 0.5) is 18.9 Å². The van der Waals surface area contributed by atoms with Gasteiger partial charge in [-0.2, -0.15) is 13.2 Å². The molecule has 0 fully saturated rings. The summed E-state index contributed by atoms with van der Waals surface area (Å²) in [7, 11) is -3.68. The Morgan fingerprint density at radius 2 is 1.71 bits per heavy atom. The van der Waals surface area contributed by atoms with Gasteiger partial charge in [0, 0.05) is 11.2 Å². The third-order valence-corrected chi connectivity index (χ3v) is 6.85. The number of primary amides is 1. The minimum Gasteiger partial charge on any atom is -0.369 e. The van der Waals surface area contributed by atoms with Gasteiger partial charge in [0.05, 0.1) is 24.4 Å². The van der Waals surface area contributed by atoms with Gasteiger partial charge in [0.2, 0.25) is 15.9 Å². The number of carbonyl (C=O) groups excluding carboxylic acids is 1. The van der Waals surface area contributed by atoms with Crippen LogP contribution in [0.5, 0.6) is 0 Å². The molecule has 11 heteroatoms. The molecule has 1 amide bonds. The number of hydrogen-bond acceptors (Lipinski definition) is 4. The Bertz CT molecular complexity index is 1300. The number of sulfonamides is 1. The summed E-state index contributed by atoms with van der Waals surface area (Å²) >= 11 is 6.16. The van der Waals surface area contributed by atoms with Crippen LogP contribution in [0.2, 0.25) is 5.02 Å². The second-order valence-electron chi connectivity index (χ2n) is 7.70. The lowest BCUT2D eigenvalue weighted by molar-refractivity contribution is -0.141. The lowest BCUT2D eigenvalue weighted by Gasteiger charge is -2.24. The number of halogens is 4. The van der Waals surface area contributed by atoms with Gasteiger partial charge >= 0.3 is 6.18 Å². The first-order chi connectivity index (χ1) is 15.8. The molecule has 0 aliphatic heterocycles. The van der Waals surface area contributed by atoms with E-state index >= 15 is 0 Å². The summed E-state index contributed by atoms with van der Waals surface area (Å²) in [4.78, 5) is 15.5. The minimum atomic E-state index is -4.61. The number of nitrogens with zero attached hydrogens (tertiary/aromatic N) is 2. The first-order valence-electron chi connectivity index (χ1n) is 9.93. The van der Waals surface area contributed by atoms with Crippen LogP contribution in [0, 0.1) is 6.92 Å². The zero-order valence-electron chi connectivity index (χ0n) is 18.2. The van der Waals surface area contributed by atoms with Gasteiger partial charge < -0.3 is 5.73 Å². The molecule has 1 heterocycles. The summed E-state index contributed by atoms with van der Waals surface area (Å²) in [6.45, 7) is 1.82. The van der Waals surface area contributed by atoms with E-state index in [1.54, 1.807) is 25.1 Å². The molecule has 2 aromatic carbocycles. The van der Waals surface area contributed by atoms with Crippen molar-refractivity contribution in [3.8, 4) is 0 Å². The van der Waals surface area contributed by atoms with E-state index < -0.39 is 33.7 Å². The zero-order chi connectivity index (χ0) is 25.3. The van der Waals surface area contributed by atoms with Gasteiger partial charge in [0.15, 0.2) is 0 Å². The first kappa shape index (κ1) is 25.5. The van der Waals surface area contributed by atoms with E-state index in [1.807, 2.05) is 0 Å². The molecule has 0 spiro atoms. The molecule has 3 aromatic rings. The number of anilines is 1. The van der Waals surface area contributed by atoms with Gasteiger partial charge in [-0.05, 0) is 53.4 Å². The Balaban J connectivity index is 1.95. The minimum absolute atomic E-state index is 0.0344. The zero-order valence-corrected chi connectivity index (χ0v) is 19.7. The number of rotatable bonds is 7. The third kappa shape index (κ3) is 5.68. The van der Waals surface area contributed by atoms with Gasteiger partial charge in [0.25, 0.3) is 0 Å².